The molecule has 2 aliphatic heterocycles. The van der Waals surface area contributed by atoms with Crippen molar-refractivity contribution < 1.29 is 17.9 Å². The second kappa shape index (κ2) is 5.01. The topological polar surface area (TPSA) is 55.6 Å². The molecule has 2 saturated heterocycles. The van der Waals surface area contributed by atoms with Gasteiger partial charge in [-0.1, -0.05) is 23.8 Å². The Balaban J connectivity index is 1.67. The van der Waals surface area contributed by atoms with E-state index in [0.717, 1.165) is 9.14 Å². The first-order valence-electron chi connectivity index (χ1n) is 7.54. The average Bonchev–Trinajstić information content (AvgIpc) is 3.08. The molecule has 0 bridgehead atoms. The number of hydrogen-bond donors (Lipinski definition) is 0. The fourth-order valence-electron chi connectivity index (χ4n) is 3.42. The summed E-state index contributed by atoms with van der Waals surface area (Å²) in [6, 6.07) is 6.66. The van der Waals surface area contributed by atoms with Crippen molar-refractivity contribution in [2.24, 2.45) is 0 Å². The van der Waals surface area contributed by atoms with Crippen LogP contribution < -0.4 is 0 Å². The maximum Gasteiger partial charge on any atom is 0.244 e. The molecule has 3 aliphatic rings. The molecule has 5 atom stereocenters. The van der Waals surface area contributed by atoms with Crippen LogP contribution in [0, 0.1) is 6.92 Å². The molecule has 0 amide bonds. The standard InChI is InChI=1S/C16H18INO4S/c1-9-4-6-10(7-5-9)23(19,20)18-12-8-11(17)14-15(13(12)18)22-16(2,3)21-14/h4-8,12-15H,1-3H3/t12-,13-,14-,15+,18?/m1/s1. The first kappa shape index (κ1) is 16.0. The molecule has 0 radical (unpaired) electrons. The third-order valence-electron chi connectivity index (χ3n) is 4.51. The first-order chi connectivity index (χ1) is 10.7. The zero-order valence-corrected chi connectivity index (χ0v) is 16.0. The molecule has 5 nitrogen and oxygen atoms in total. The molecule has 0 spiro atoms. The highest BCUT2D eigenvalue weighted by Crippen LogP contribution is 2.51. The number of rotatable bonds is 2. The summed E-state index contributed by atoms with van der Waals surface area (Å²) in [7, 11) is -3.51. The van der Waals surface area contributed by atoms with E-state index >= 15 is 0 Å². The van der Waals surface area contributed by atoms with Gasteiger partial charge in [0.05, 0.1) is 17.0 Å². The van der Waals surface area contributed by atoms with Crippen molar-refractivity contribution in [1.82, 2.24) is 4.31 Å². The van der Waals surface area contributed by atoms with E-state index in [2.05, 4.69) is 22.6 Å². The van der Waals surface area contributed by atoms with Crippen molar-refractivity contribution in [1.29, 1.82) is 0 Å². The number of fused-ring (bicyclic) bond motifs is 3. The normalized spacial score (nSPS) is 37.7. The Labute approximate surface area is 149 Å². The van der Waals surface area contributed by atoms with Crippen molar-refractivity contribution in [2.45, 2.75) is 55.7 Å². The van der Waals surface area contributed by atoms with Gasteiger partial charge in [0, 0.05) is 3.58 Å². The minimum atomic E-state index is -3.51. The zero-order valence-electron chi connectivity index (χ0n) is 13.1. The number of benzene rings is 1. The third kappa shape index (κ3) is 2.48. The minimum Gasteiger partial charge on any atom is -0.342 e. The molecule has 0 N–H and O–H groups in total. The predicted octanol–water partition coefficient (Wildman–Crippen LogP) is 2.59. The predicted molar refractivity (Wildman–Crippen MR) is 93.7 cm³/mol. The molecule has 23 heavy (non-hydrogen) atoms. The Hall–Kier alpha value is -0.480. The van der Waals surface area contributed by atoms with E-state index in [0.29, 0.717) is 4.90 Å². The monoisotopic (exact) mass is 447 g/mol. The van der Waals surface area contributed by atoms with E-state index in [1.165, 1.54) is 0 Å². The average molecular weight is 447 g/mol. The summed E-state index contributed by atoms with van der Waals surface area (Å²) in [5.74, 6) is -0.684. The molecule has 0 saturated carbocycles. The van der Waals surface area contributed by atoms with E-state index in [1.54, 1.807) is 16.4 Å². The van der Waals surface area contributed by atoms with E-state index in [4.69, 9.17) is 9.47 Å². The Morgan fingerprint density at radius 2 is 1.83 bits per heavy atom. The summed E-state index contributed by atoms with van der Waals surface area (Å²) in [6.45, 7) is 5.67. The molecule has 7 heteroatoms. The highest BCUT2D eigenvalue weighted by atomic mass is 127. The van der Waals surface area contributed by atoms with Crippen LogP contribution in [0.5, 0.6) is 0 Å². The highest BCUT2D eigenvalue weighted by Gasteiger charge is 2.66. The van der Waals surface area contributed by atoms with Gasteiger partial charge < -0.3 is 9.47 Å². The van der Waals surface area contributed by atoms with Gasteiger partial charge >= 0.3 is 0 Å². The van der Waals surface area contributed by atoms with Crippen LogP contribution in [-0.4, -0.2) is 42.8 Å². The van der Waals surface area contributed by atoms with Gasteiger partial charge in [-0.15, -0.1) is 0 Å². The lowest BCUT2D eigenvalue weighted by atomic mass is 10.0. The number of halogens is 1. The van der Waals surface area contributed by atoms with Gasteiger partial charge in [-0.3, -0.25) is 0 Å². The minimum absolute atomic E-state index is 0.132. The lowest BCUT2D eigenvalue weighted by molar-refractivity contribution is -0.143. The van der Waals surface area contributed by atoms with Crippen LogP contribution in [0.2, 0.25) is 0 Å². The SMILES string of the molecule is Cc1ccc(S(=O)(=O)N2[C@H]3[C@@H]4OC(C)(C)O[C@@H]4C(I)=C[C@H]32)cc1. The lowest BCUT2D eigenvalue weighted by Crippen LogP contribution is -2.34. The maximum absolute atomic E-state index is 12.9. The van der Waals surface area contributed by atoms with Gasteiger partial charge in [0.1, 0.15) is 12.2 Å². The smallest absolute Gasteiger partial charge is 0.244 e. The maximum atomic E-state index is 12.9. The van der Waals surface area contributed by atoms with Crippen molar-refractivity contribution in [2.75, 3.05) is 0 Å². The van der Waals surface area contributed by atoms with Crippen LogP contribution in [0.3, 0.4) is 0 Å². The van der Waals surface area contributed by atoms with Gasteiger partial charge in [-0.2, -0.15) is 4.31 Å². The Bertz CT molecular complexity index is 787. The molecule has 0 aromatic heterocycles. The number of aryl methyl sites for hydroxylation is 1. The highest BCUT2D eigenvalue weighted by molar-refractivity contribution is 14.1. The van der Waals surface area contributed by atoms with Crippen molar-refractivity contribution in [3.63, 3.8) is 0 Å². The van der Waals surface area contributed by atoms with Crippen molar-refractivity contribution >= 4 is 32.6 Å². The summed E-state index contributed by atoms with van der Waals surface area (Å²) in [6.07, 6.45) is 1.57. The fourth-order valence-corrected chi connectivity index (χ4v) is 6.01. The van der Waals surface area contributed by atoms with Crippen LogP contribution in [0.1, 0.15) is 19.4 Å². The molecule has 1 unspecified atom stereocenters. The largest absolute Gasteiger partial charge is 0.342 e. The Morgan fingerprint density at radius 1 is 1.17 bits per heavy atom. The number of sulfonamides is 1. The van der Waals surface area contributed by atoms with Crippen LogP contribution in [0.25, 0.3) is 0 Å². The fraction of sp³-hybridized carbons (Fsp3) is 0.500. The van der Waals surface area contributed by atoms with Crippen molar-refractivity contribution in [3.05, 3.63) is 39.5 Å². The van der Waals surface area contributed by atoms with Gasteiger partial charge in [-0.25, -0.2) is 8.42 Å². The van der Waals surface area contributed by atoms with Crippen LogP contribution >= 0.6 is 22.6 Å². The van der Waals surface area contributed by atoms with Crippen LogP contribution in [0.15, 0.2) is 38.8 Å². The molecule has 1 aliphatic carbocycles. The number of hydrogen-bond acceptors (Lipinski definition) is 4. The van der Waals surface area contributed by atoms with E-state index in [1.807, 2.05) is 39.0 Å². The molecular weight excluding hydrogens is 429 g/mol. The Morgan fingerprint density at radius 3 is 2.48 bits per heavy atom. The van der Waals surface area contributed by atoms with Gasteiger partial charge in [0.15, 0.2) is 5.79 Å². The molecule has 2 fully saturated rings. The molecule has 1 aromatic carbocycles. The first-order valence-corrected chi connectivity index (χ1v) is 10.1. The number of ether oxygens (including phenoxy) is 2. The van der Waals surface area contributed by atoms with E-state index in [-0.39, 0.29) is 24.3 Å². The molecule has 4 rings (SSSR count). The Kier molecular flexibility index (Phi) is 3.49. The quantitative estimate of drug-likeness (QED) is 0.517. The van der Waals surface area contributed by atoms with Gasteiger partial charge in [0.2, 0.25) is 10.0 Å². The third-order valence-corrected chi connectivity index (χ3v) is 7.39. The van der Waals surface area contributed by atoms with Crippen LogP contribution in [-0.2, 0) is 19.5 Å². The zero-order chi connectivity index (χ0) is 16.6. The van der Waals surface area contributed by atoms with Gasteiger partial charge in [0.25, 0.3) is 0 Å². The summed E-state index contributed by atoms with van der Waals surface area (Å²) in [5.41, 5.74) is 1.04. The number of nitrogens with zero attached hydrogens (tertiary/aromatic N) is 1. The molecule has 124 valence electrons. The second-order valence-electron chi connectivity index (χ2n) is 6.70. The van der Waals surface area contributed by atoms with E-state index in [9.17, 15) is 8.42 Å². The second-order valence-corrected chi connectivity index (χ2v) is 9.79. The summed E-state index contributed by atoms with van der Waals surface area (Å²) in [5, 5.41) is 0. The molecule has 1 aromatic rings. The summed E-state index contributed by atoms with van der Waals surface area (Å²) >= 11 is 2.22. The summed E-state index contributed by atoms with van der Waals surface area (Å²) < 4.78 is 40.3. The van der Waals surface area contributed by atoms with Crippen molar-refractivity contribution in [3.8, 4) is 0 Å². The van der Waals surface area contributed by atoms with E-state index < -0.39 is 15.8 Å². The molecule has 2 heterocycles. The summed E-state index contributed by atoms with van der Waals surface area (Å²) in [4.78, 5) is 0.329. The lowest BCUT2D eigenvalue weighted by Gasteiger charge is -2.18. The molecular formula is C16H18INO4S. The van der Waals surface area contributed by atoms with Crippen LogP contribution in [0.4, 0.5) is 0 Å². The van der Waals surface area contributed by atoms with Gasteiger partial charge in [-0.05, 0) is 55.5 Å².